The third-order valence-corrected chi connectivity index (χ3v) is 3.16. The maximum atomic E-state index is 12.4. The van der Waals surface area contributed by atoms with E-state index in [2.05, 4.69) is 20.3 Å². The van der Waals surface area contributed by atoms with Gasteiger partial charge in [0.15, 0.2) is 11.5 Å². The molecule has 0 aliphatic carbocycles. The normalized spacial score (nSPS) is 11.2. The second-order valence-electron chi connectivity index (χ2n) is 4.37. The molecule has 1 N–H and O–H groups in total. The Morgan fingerprint density at radius 2 is 1.85 bits per heavy atom. The summed E-state index contributed by atoms with van der Waals surface area (Å²) in [7, 11) is 0. The third kappa shape index (κ3) is 1.45. The van der Waals surface area contributed by atoms with Crippen molar-refractivity contribution < 1.29 is 0 Å². The quantitative estimate of drug-likeness (QED) is 0.566. The van der Waals surface area contributed by atoms with Gasteiger partial charge in [-0.3, -0.25) is 9.89 Å². The Labute approximate surface area is 113 Å². The van der Waals surface area contributed by atoms with Crippen LogP contribution in [0.2, 0.25) is 0 Å². The van der Waals surface area contributed by atoms with Crippen LogP contribution in [-0.2, 0) is 0 Å². The molecule has 4 rings (SSSR count). The van der Waals surface area contributed by atoms with E-state index in [0.29, 0.717) is 17.2 Å². The van der Waals surface area contributed by atoms with Crippen molar-refractivity contribution in [2.24, 2.45) is 0 Å². The van der Waals surface area contributed by atoms with Gasteiger partial charge in [-0.15, -0.1) is 0 Å². The Morgan fingerprint density at radius 3 is 2.70 bits per heavy atom. The summed E-state index contributed by atoms with van der Waals surface area (Å²) in [6.45, 7) is 0. The average molecular weight is 263 g/mol. The van der Waals surface area contributed by atoms with E-state index in [-0.39, 0.29) is 5.56 Å². The first-order valence-electron chi connectivity index (χ1n) is 6.12. The second kappa shape index (κ2) is 3.99. The van der Waals surface area contributed by atoms with Gasteiger partial charge in [0.1, 0.15) is 5.69 Å². The highest BCUT2D eigenvalue weighted by Crippen LogP contribution is 2.23. The zero-order valence-electron chi connectivity index (χ0n) is 10.3. The van der Waals surface area contributed by atoms with Crippen LogP contribution in [0.5, 0.6) is 0 Å². The standard InChI is InChI=1S/C14H9N5O/c20-14-13-12(9-5-1-2-6-10(9)16-17-13)18-19(14)11-7-3-4-8-15-11/h1-8,16H. The zero-order valence-corrected chi connectivity index (χ0v) is 10.3. The molecular weight excluding hydrogens is 254 g/mol. The molecule has 20 heavy (non-hydrogen) atoms. The minimum Gasteiger partial charge on any atom is -0.277 e. The van der Waals surface area contributed by atoms with Crippen LogP contribution in [0.15, 0.2) is 53.5 Å². The molecule has 2 aromatic rings. The smallest absolute Gasteiger partial charge is 0.277 e. The van der Waals surface area contributed by atoms with Crippen molar-refractivity contribution in [1.29, 1.82) is 0 Å². The molecule has 1 aromatic carbocycles. The topological polar surface area (TPSA) is 76.5 Å². The molecule has 0 unspecified atom stereocenters. The largest absolute Gasteiger partial charge is 0.302 e. The predicted molar refractivity (Wildman–Crippen MR) is 73.9 cm³/mol. The number of H-pyrrole nitrogens is 1. The zero-order chi connectivity index (χ0) is 13.5. The summed E-state index contributed by atoms with van der Waals surface area (Å²) in [6, 6.07) is 12.9. The molecule has 2 aliphatic heterocycles. The van der Waals surface area contributed by atoms with Gasteiger partial charge in [-0.2, -0.15) is 14.9 Å². The Hall–Kier alpha value is -3.02. The van der Waals surface area contributed by atoms with Crippen molar-refractivity contribution in [2.75, 3.05) is 0 Å². The maximum absolute atomic E-state index is 12.4. The van der Waals surface area contributed by atoms with E-state index in [9.17, 15) is 4.79 Å². The van der Waals surface area contributed by atoms with E-state index in [1.807, 2.05) is 30.3 Å². The number of aromatic amines is 1. The molecule has 3 heterocycles. The molecule has 6 nitrogen and oxygen atoms in total. The molecular formula is C14H9N5O. The van der Waals surface area contributed by atoms with Gasteiger partial charge < -0.3 is 0 Å². The average Bonchev–Trinajstić information content (AvgIpc) is 2.86. The van der Waals surface area contributed by atoms with Gasteiger partial charge in [0.25, 0.3) is 0 Å². The van der Waals surface area contributed by atoms with Crippen molar-refractivity contribution in [2.45, 2.75) is 0 Å². The molecule has 96 valence electrons. The van der Waals surface area contributed by atoms with Gasteiger partial charge >= 0.3 is 5.56 Å². The number of hydrogen-bond donors (Lipinski definition) is 1. The van der Waals surface area contributed by atoms with Crippen molar-refractivity contribution in [3.63, 3.8) is 0 Å². The molecule has 1 aromatic heterocycles. The number of hydrogen-bond acceptors (Lipinski definition) is 4. The summed E-state index contributed by atoms with van der Waals surface area (Å²) in [4.78, 5) is 16.5. The highest BCUT2D eigenvalue weighted by molar-refractivity contribution is 5.91. The fourth-order valence-electron chi connectivity index (χ4n) is 2.21. The molecule has 0 radical (unpaired) electrons. The molecule has 0 fully saturated rings. The van der Waals surface area contributed by atoms with E-state index in [0.717, 1.165) is 10.9 Å². The number of nitrogens with one attached hydrogen (secondary N) is 1. The summed E-state index contributed by atoms with van der Waals surface area (Å²) in [5, 5.41) is 12.2. The van der Waals surface area contributed by atoms with Crippen LogP contribution in [0.1, 0.15) is 0 Å². The van der Waals surface area contributed by atoms with Crippen LogP contribution in [0.25, 0.3) is 28.1 Å². The van der Waals surface area contributed by atoms with Gasteiger partial charge in [0.05, 0.1) is 5.52 Å². The van der Waals surface area contributed by atoms with Crippen LogP contribution >= 0.6 is 0 Å². The molecule has 2 aliphatic rings. The lowest BCUT2D eigenvalue weighted by atomic mass is 10.1. The Bertz CT molecular complexity index is 925. The predicted octanol–water partition coefficient (Wildman–Crippen LogP) is 1.61. The lowest BCUT2D eigenvalue weighted by Crippen LogP contribution is -2.16. The SMILES string of the molecule is O=c1c2n[nH]c3ccccc3c-2nn1-c1ccccn1. The maximum Gasteiger partial charge on any atom is 0.302 e. The minimum atomic E-state index is -0.277. The molecule has 0 bridgehead atoms. The first-order chi connectivity index (χ1) is 9.84. The van der Waals surface area contributed by atoms with Crippen molar-refractivity contribution in [3.05, 3.63) is 59.0 Å². The summed E-state index contributed by atoms with van der Waals surface area (Å²) >= 11 is 0. The van der Waals surface area contributed by atoms with Crippen LogP contribution in [0.3, 0.4) is 0 Å². The second-order valence-corrected chi connectivity index (χ2v) is 4.37. The van der Waals surface area contributed by atoms with Gasteiger partial charge in [-0.05, 0) is 18.2 Å². The van der Waals surface area contributed by atoms with Gasteiger partial charge in [0.2, 0.25) is 0 Å². The lowest BCUT2D eigenvalue weighted by Gasteiger charge is -2.00. The number of nitrogens with zero attached hydrogens (tertiary/aromatic N) is 4. The molecule has 0 saturated heterocycles. The molecule has 0 spiro atoms. The van der Waals surface area contributed by atoms with E-state index in [1.54, 1.807) is 18.3 Å². The van der Waals surface area contributed by atoms with E-state index < -0.39 is 0 Å². The fourth-order valence-corrected chi connectivity index (χ4v) is 2.21. The summed E-state index contributed by atoms with van der Waals surface area (Å²) < 4.78 is 1.28. The number of para-hydroxylation sites is 1. The van der Waals surface area contributed by atoms with Crippen LogP contribution in [-0.4, -0.2) is 25.0 Å². The Morgan fingerprint density at radius 1 is 1.00 bits per heavy atom. The summed E-state index contributed by atoms with van der Waals surface area (Å²) in [5.74, 6) is 0.486. The van der Waals surface area contributed by atoms with Crippen LogP contribution in [0.4, 0.5) is 0 Å². The third-order valence-electron chi connectivity index (χ3n) is 3.16. The molecule has 0 atom stereocenters. The molecule has 6 heteroatoms. The molecule has 0 amide bonds. The number of pyridine rings is 1. The van der Waals surface area contributed by atoms with Crippen LogP contribution in [0, 0.1) is 0 Å². The number of rotatable bonds is 1. The first-order valence-corrected chi connectivity index (χ1v) is 6.12. The molecule has 0 saturated carbocycles. The Balaban J connectivity index is 2.10. The van der Waals surface area contributed by atoms with Crippen molar-refractivity contribution in [1.82, 2.24) is 25.0 Å². The number of benzene rings is 1. The monoisotopic (exact) mass is 263 g/mol. The highest BCUT2D eigenvalue weighted by atomic mass is 16.1. The van der Waals surface area contributed by atoms with Crippen molar-refractivity contribution >= 4 is 10.9 Å². The van der Waals surface area contributed by atoms with E-state index in [1.165, 1.54) is 4.68 Å². The summed E-state index contributed by atoms with van der Waals surface area (Å²) in [5.41, 5.74) is 1.45. The van der Waals surface area contributed by atoms with Gasteiger partial charge in [-0.25, -0.2) is 4.98 Å². The van der Waals surface area contributed by atoms with E-state index in [4.69, 9.17) is 0 Å². The summed E-state index contributed by atoms with van der Waals surface area (Å²) in [6.07, 6.45) is 1.62. The van der Waals surface area contributed by atoms with Crippen LogP contribution < -0.4 is 5.56 Å². The van der Waals surface area contributed by atoms with Crippen molar-refractivity contribution in [3.8, 4) is 17.2 Å². The lowest BCUT2D eigenvalue weighted by molar-refractivity contribution is 0.826. The number of aromatic nitrogens is 5. The fraction of sp³-hybridized carbons (Fsp3) is 0. The van der Waals surface area contributed by atoms with Gasteiger partial charge in [0, 0.05) is 11.6 Å². The Kier molecular flexibility index (Phi) is 2.17. The number of fused-ring (bicyclic) bond motifs is 3. The van der Waals surface area contributed by atoms with E-state index >= 15 is 0 Å². The minimum absolute atomic E-state index is 0.277. The highest BCUT2D eigenvalue weighted by Gasteiger charge is 2.20. The first kappa shape index (κ1) is 10.9. The van der Waals surface area contributed by atoms with Gasteiger partial charge in [-0.1, -0.05) is 24.3 Å².